The van der Waals surface area contributed by atoms with E-state index >= 15 is 0 Å². The number of thiol groups is 1. The van der Waals surface area contributed by atoms with E-state index in [-0.39, 0.29) is 11.1 Å². The second kappa shape index (κ2) is 3.49. The highest BCUT2D eigenvalue weighted by Gasteiger charge is 2.08. The van der Waals surface area contributed by atoms with Crippen molar-refractivity contribution >= 4 is 24.5 Å². The molecule has 0 aliphatic heterocycles. The van der Waals surface area contributed by atoms with Gasteiger partial charge in [0.25, 0.3) is 0 Å². The number of hydrogen-bond acceptors (Lipinski definition) is 3. The number of primary amides is 1. The third-order valence-electron chi connectivity index (χ3n) is 1.45. The van der Waals surface area contributed by atoms with Gasteiger partial charge in [-0.1, -0.05) is 0 Å². The zero-order valence-corrected chi connectivity index (χ0v) is 7.41. The normalized spacial score (nSPS) is 9.62. The summed E-state index contributed by atoms with van der Waals surface area (Å²) in [6.45, 7) is 0. The maximum Gasteiger partial charge on any atom is 0.335 e. The molecule has 0 aliphatic carbocycles. The fourth-order valence-electron chi connectivity index (χ4n) is 0.877. The molecule has 68 valence electrons. The third-order valence-corrected chi connectivity index (χ3v) is 1.71. The van der Waals surface area contributed by atoms with Crippen LogP contribution in [-0.4, -0.2) is 17.0 Å². The number of carboxylic acid groups (broad SMARTS) is 1. The van der Waals surface area contributed by atoms with E-state index in [9.17, 15) is 9.59 Å². The molecule has 0 atom stereocenters. The van der Waals surface area contributed by atoms with Crippen LogP contribution < -0.4 is 5.73 Å². The van der Waals surface area contributed by atoms with Gasteiger partial charge in [-0.05, 0) is 18.2 Å². The molecule has 1 aromatic rings. The number of aromatic carboxylic acids is 1. The molecule has 0 bridgehead atoms. The van der Waals surface area contributed by atoms with E-state index in [0.717, 1.165) is 0 Å². The Balaban J connectivity index is 3.26. The minimum Gasteiger partial charge on any atom is -0.478 e. The standard InChI is InChI=1S/C8H7NO3S/c9-7(10)4-1-5(8(11)12)3-6(13)2-4/h1-3,13H,(H2,9,10)(H,11,12). The molecule has 0 heterocycles. The van der Waals surface area contributed by atoms with Gasteiger partial charge < -0.3 is 10.8 Å². The van der Waals surface area contributed by atoms with E-state index in [0.29, 0.717) is 4.90 Å². The van der Waals surface area contributed by atoms with Crippen molar-refractivity contribution in [1.29, 1.82) is 0 Å². The van der Waals surface area contributed by atoms with Crippen molar-refractivity contribution in [2.75, 3.05) is 0 Å². The first-order chi connectivity index (χ1) is 6.00. The smallest absolute Gasteiger partial charge is 0.335 e. The quantitative estimate of drug-likeness (QED) is 0.612. The zero-order chi connectivity index (χ0) is 10.0. The maximum absolute atomic E-state index is 10.7. The summed E-state index contributed by atoms with van der Waals surface area (Å²) < 4.78 is 0. The van der Waals surface area contributed by atoms with Gasteiger partial charge in [0.15, 0.2) is 0 Å². The zero-order valence-electron chi connectivity index (χ0n) is 6.52. The summed E-state index contributed by atoms with van der Waals surface area (Å²) in [5.74, 6) is -1.78. The van der Waals surface area contributed by atoms with E-state index in [1.54, 1.807) is 0 Å². The number of benzene rings is 1. The predicted octanol–water partition coefficient (Wildman–Crippen LogP) is 0.772. The molecule has 4 nitrogen and oxygen atoms in total. The predicted molar refractivity (Wildman–Crippen MR) is 49.2 cm³/mol. The molecule has 0 radical (unpaired) electrons. The van der Waals surface area contributed by atoms with Gasteiger partial charge in [0.1, 0.15) is 0 Å². The highest BCUT2D eigenvalue weighted by Crippen LogP contribution is 2.13. The van der Waals surface area contributed by atoms with E-state index in [1.807, 2.05) is 0 Å². The van der Waals surface area contributed by atoms with E-state index in [2.05, 4.69) is 12.6 Å². The first-order valence-electron chi connectivity index (χ1n) is 3.38. The van der Waals surface area contributed by atoms with Crippen LogP contribution in [0.15, 0.2) is 23.1 Å². The summed E-state index contributed by atoms with van der Waals surface area (Å²) in [4.78, 5) is 21.7. The van der Waals surface area contributed by atoms with Crippen LogP contribution in [0.2, 0.25) is 0 Å². The van der Waals surface area contributed by atoms with Crippen molar-refractivity contribution in [1.82, 2.24) is 0 Å². The van der Waals surface area contributed by atoms with Gasteiger partial charge in [0.2, 0.25) is 5.91 Å². The largest absolute Gasteiger partial charge is 0.478 e. The van der Waals surface area contributed by atoms with E-state index < -0.39 is 11.9 Å². The van der Waals surface area contributed by atoms with Crippen LogP contribution >= 0.6 is 12.6 Å². The highest BCUT2D eigenvalue weighted by atomic mass is 32.1. The lowest BCUT2D eigenvalue weighted by Crippen LogP contribution is -2.12. The van der Waals surface area contributed by atoms with Gasteiger partial charge in [0.05, 0.1) is 5.56 Å². The van der Waals surface area contributed by atoms with Crippen LogP contribution in [0.3, 0.4) is 0 Å². The number of rotatable bonds is 2. The van der Waals surface area contributed by atoms with Crippen molar-refractivity contribution in [3.63, 3.8) is 0 Å². The Labute approximate surface area is 79.8 Å². The van der Waals surface area contributed by atoms with Gasteiger partial charge in [-0.25, -0.2) is 4.79 Å². The molecule has 13 heavy (non-hydrogen) atoms. The Morgan fingerprint density at radius 3 is 2.23 bits per heavy atom. The van der Waals surface area contributed by atoms with Crippen LogP contribution in [0, 0.1) is 0 Å². The molecule has 1 rings (SSSR count). The van der Waals surface area contributed by atoms with Gasteiger partial charge in [0, 0.05) is 10.5 Å². The number of carbonyl (C=O) groups excluding carboxylic acids is 1. The molecular weight excluding hydrogens is 190 g/mol. The maximum atomic E-state index is 10.7. The number of hydrogen-bond donors (Lipinski definition) is 3. The van der Waals surface area contributed by atoms with E-state index in [4.69, 9.17) is 10.8 Å². The fourth-order valence-corrected chi connectivity index (χ4v) is 1.16. The van der Waals surface area contributed by atoms with Crippen molar-refractivity contribution in [2.45, 2.75) is 4.90 Å². The second-order valence-corrected chi connectivity index (χ2v) is 2.95. The van der Waals surface area contributed by atoms with Crippen molar-refractivity contribution < 1.29 is 14.7 Å². The number of nitrogens with two attached hydrogens (primary N) is 1. The van der Waals surface area contributed by atoms with Crippen LogP contribution in [0.5, 0.6) is 0 Å². The van der Waals surface area contributed by atoms with Gasteiger partial charge in [-0.15, -0.1) is 12.6 Å². The van der Waals surface area contributed by atoms with Gasteiger partial charge >= 0.3 is 5.97 Å². The molecule has 0 saturated heterocycles. The summed E-state index contributed by atoms with van der Waals surface area (Å²) in [5, 5.41) is 8.63. The summed E-state index contributed by atoms with van der Waals surface area (Å²) in [5.41, 5.74) is 5.13. The van der Waals surface area contributed by atoms with Gasteiger partial charge in [-0.2, -0.15) is 0 Å². The van der Waals surface area contributed by atoms with Crippen molar-refractivity contribution in [3.8, 4) is 0 Å². The SMILES string of the molecule is NC(=O)c1cc(S)cc(C(=O)O)c1. The summed E-state index contributed by atoms with van der Waals surface area (Å²) in [7, 11) is 0. The van der Waals surface area contributed by atoms with Crippen LogP contribution in [0.25, 0.3) is 0 Å². The lowest BCUT2D eigenvalue weighted by Gasteiger charge is -2.00. The van der Waals surface area contributed by atoms with Gasteiger partial charge in [-0.3, -0.25) is 4.79 Å². The Bertz CT molecular complexity index is 343. The molecular formula is C8H7NO3S. The average Bonchev–Trinajstić information content (AvgIpc) is 2.03. The topological polar surface area (TPSA) is 80.4 Å². The average molecular weight is 197 g/mol. The Kier molecular flexibility index (Phi) is 2.57. The monoisotopic (exact) mass is 197 g/mol. The van der Waals surface area contributed by atoms with E-state index in [1.165, 1.54) is 18.2 Å². The third kappa shape index (κ3) is 2.22. The minimum atomic E-state index is -1.11. The molecule has 0 aromatic heterocycles. The van der Waals surface area contributed by atoms with Crippen LogP contribution in [0.1, 0.15) is 20.7 Å². The molecule has 0 saturated carbocycles. The second-order valence-electron chi connectivity index (χ2n) is 2.44. The molecule has 0 unspecified atom stereocenters. The Hall–Kier alpha value is -1.49. The molecule has 1 amide bonds. The molecule has 0 aliphatic rings. The molecule has 3 N–H and O–H groups in total. The number of amides is 1. The summed E-state index contributed by atoms with van der Waals surface area (Å²) in [6.07, 6.45) is 0. The number of carboxylic acids is 1. The van der Waals surface area contributed by atoms with Crippen molar-refractivity contribution in [3.05, 3.63) is 29.3 Å². The van der Waals surface area contributed by atoms with Crippen LogP contribution in [0.4, 0.5) is 0 Å². The Morgan fingerprint density at radius 2 is 1.77 bits per heavy atom. The lowest BCUT2D eigenvalue weighted by molar-refractivity contribution is 0.0696. The fraction of sp³-hybridized carbons (Fsp3) is 0. The lowest BCUT2D eigenvalue weighted by atomic mass is 10.1. The first-order valence-corrected chi connectivity index (χ1v) is 3.82. The summed E-state index contributed by atoms with van der Waals surface area (Å²) >= 11 is 3.94. The Morgan fingerprint density at radius 1 is 1.23 bits per heavy atom. The highest BCUT2D eigenvalue weighted by molar-refractivity contribution is 7.80. The molecule has 1 aromatic carbocycles. The molecule has 5 heteroatoms. The summed E-state index contributed by atoms with van der Waals surface area (Å²) in [6, 6.07) is 3.97. The van der Waals surface area contributed by atoms with Crippen LogP contribution in [-0.2, 0) is 0 Å². The first kappa shape index (κ1) is 9.60. The molecule has 0 fully saturated rings. The number of carbonyl (C=O) groups is 2. The minimum absolute atomic E-state index is 0.00120. The molecule has 0 spiro atoms. The van der Waals surface area contributed by atoms with Crippen molar-refractivity contribution in [2.24, 2.45) is 5.73 Å².